The van der Waals surface area contributed by atoms with Crippen molar-refractivity contribution in [3.8, 4) is 0 Å². The Hall–Kier alpha value is -1.39. The van der Waals surface area contributed by atoms with Crippen molar-refractivity contribution in [3.63, 3.8) is 0 Å². The summed E-state index contributed by atoms with van der Waals surface area (Å²) >= 11 is 0. The van der Waals surface area contributed by atoms with Gasteiger partial charge in [0.05, 0.1) is 13.2 Å². The van der Waals surface area contributed by atoms with Crippen molar-refractivity contribution in [3.05, 3.63) is 30.1 Å². The lowest BCUT2D eigenvalue weighted by Gasteiger charge is -2.19. The van der Waals surface area contributed by atoms with E-state index in [4.69, 9.17) is 14.4 Å². The smallest absolute Gasteiger partial charge is 0.344 e. The van der Waals surface area contributed by atoms with E-state index in [9.17, 15) is 24.5 Å². The lowest BCUT2D eigenvalue weighted by Crippen LogP contribution is -2.46. The van der Waals surface area contributed by atoms with Crippen molar-refractivity contribution in [1.82, 2.24) is 0 Å². The zero-order chi connectivity index (χ0) is 17.9. The van der Waals surface area contributed by atoms with E-state index in [1.165, 1.54) is 29.1 Å². The van der Waals surface area contributed by atoms with Gasteiger partial charge in [0.1, 0.15) is 17.8 Å². The van der Waals surface area contributed by atoms with Crippen LogP contribution >= 0.6 is 7.82 Å². The van der Waals surface area contributed by atoms with Crippen molar-refractivity contribution in [2.75, 3.05) is 13.2 Å². The van der Waals surface area contributed by atoms with E-state index in [-0.39, 0.29) is 12.2 Å². The summed E-state index contributed by atoms with van der Waals surface area (Å²) in [5.74, 6) is -0.563. The van der Waals surface area contributed by atoms with Crippen molar-refractivity contribution < 1.29 is 47.9 Å². The second-order valence-electron chi connectivity index (χ2n) is 5.07. The fraction of sp³-hybridized carbons (Fsp3) is 0.538. The fourth-order valence-electron chi connectivity index (χ4n) is 2.27. The second-order valence-corrected chi connectivity index (χ2v) is 6.27. The van der Waals surface area contributed by atoms with Crippen LogP contribution in [0.3, 0.4) is 0 Å². The summed E-state index contributed by atoms with van der Waals surface area (Å²) in [7, 11) is -4.98. The molecule has 0 spiro atoms. The Labute approximate surface area is 137 Å². The molecule has 0 saturated carbocycles. The summed E-state index contributed by atoms with van der Waals surface area (Å²) < 4.78 is 26.4. The number of carbonyl (C=O) groups is 1. The molecule has 3 N–H and O–H groups in total. The Kier molecular flexibility index (Phi) is 6.05. The monoisotopic (exact) mass is 363 g/mol. The van der Waals surface area contributed by atoms with Gasteiger partial charge in [-0.05, 0) is 13.0 Å². The molecule has 0 amide bonds. The van der Waals surface area contributed by atoms with Crippen LogP contribution in [-0.2, 0) is 18.6 Å². The van der Waals surface area contributed by atoms with E-state index >= 15 is 0 Å². The van der Waals surface area contributed by atoms with Crippen molar-refractivity contribution in [1.29, 1.82) is 0 Å². The molecule has 0 aliphatic carbocycles. The highest BCUT2D eigenvalue weighted by molar-refractivity contribution is 7.44. The van der Waals surface area contributed by atoms with Crippen LogP contribution in [0.5, 0.6) is 0 Å². The molecule has 2 heterocycles. The number of hydrogen-bond donors (Lipinski definition) is 3. The van der Waals surface area contributed by atoms with Crippen LogP contribution in [0.4, 0.5) is 0 Å². The molecule has 3 unspecified atom stereocenters. The molecular weight excluding hydrogens is 345 g/mol. The van der Waals surface area contributed by atoms with Gasteiger partial charge in [0.2, 0.25) is 0 Å². The third kappa shape index (κ3) is 4.58. The molecule has 0 bridgehead atoms. The summed E-state index contributed by atoms with van der Waals surface area (Å²) in [6, 6.07) is 3.03. The molecule has 1 aromatic heterocycles. The molecule has 11 heteroatoms. The first-order valence-corrected chi connectivity index (χ1v) is 8.60. The summed E-state index contributed by atoms with van der Waals surface area (Å²) in [5.41, 5.74) is 0.212. The van der Waals surface area contributed by atoms with Gasteiger partial charge in [-0.25, -0.2) is 4.79 Å². The number of carbonyl (C=O) groups excluding carboxylic acids is 1. The van der Waals surface area contributed by atoms with E-state index in [1.807, 2.05) is 0 Å². The van der Waals surface area contributed by atoms with Gasteiger partial charge in [-0.1, -0.05) is 0 Å². The average Bonchev–Trinajstić information content (AvgIpc) is 2.81. The maximum Gasteiger partial charge on any atom is 0.344 e. The van der Waals surface area contributed by atoms with Crippen LogP contribution < -0.4 is 9.46 Å². The first-order valence-electron chi connectivity index (χ1n) is 7.11. The van der Waals surface area contributed by atoms with Crippen molar-refractivity contribution in [2.24, 2.45) is 0 Å². The Morgan fingerprint density at radius 2 is 2.17 bits per heavy atom. The second kappa shape index (κ2) is 7.66. The number of hydrogen-bond acceptors (Lipinski definition) is 8. The van der Waals surface area contributed by atoms with Crippen molar-refractivity contribution >= 4 is 13.8 Å². The molecule has 1 aliphatic rings. The van der Waals surface area contributed by atoms with Gasteiger partial charge >= 0.3 is 5.97 Å². The SMILES string of the molecule is CCOC(=O)c1ccc[n+]([C@@H]2O[C@H](COP(=O)([O-])O)C(O)C2O)c1. The summed E-state index contributed by atoms with van der Waals surface area (Å²) in [4.78, 5) is 30.9. The fourth-order valence-corrected chi connectivity index (χ4v) is 2.60. The van der Waals surface area contributed by atoms with Gasteiger partial charge in [0.25, 0.3) is 14.1 Å². The minimum absolute atomic E-state index is 0.199. The molecule has 134 valence electrons. The Bertz CT molecular complexity index is 634. The average molecular weight is 363 g/mol. The lowest BCUT2D eigenvalue weighted by molar-refractivity contribution is -0.765. The quantitative estimate of drug-likeness (QED) is 0.304. The van der Waals surface area contributed by atoms with Gasteiger partial charge < -0.3 is 34.0 Å². The predicted molar refractivity (Wildman–Crippen MR) is 74.3 cm³/mol. The number of ether oxygens (including phenoxy) is 2. The van der Waals surface area contributed by atoms with E-state index in [0.717, 1.165) is 0 Å². The van der Waals surface area contributed by atoms with Crippen molar-refractivity contribution in [2.45, 2.75) is 31.5 Å². The van der Waals surface area contributed by atoms with Crippen LogP contribution in [0.15, 0.2) is 24.5 Å². The molecule has 1 fully saturated rings. The molecule has 2 rings (SSSR count). The van der Waals surface area contributed by atoms with Gasteiger partial charge in [0, 0.05) is 6.07 Å². The third-order valence-corrected chi connectivity index (χ3v) is 3.84. The van der Waals surface area contributed by atoms with E-state index in [1.54, 1.807) is 6.92 Å². The lowest BCUT2D eigenvalue weighted by atomic mass is 10.1. The van der Waals surface area contributed by atoms with Crippen LogP contribution in [0.25, 0.3) is 0 Å². The molecule has 0 aromatic carbocycles. The standard InChI is InChI=1S/C13H18NO9P/c1-2-21-13(17)8-4-3-5-14(6-8)12-11(16)10(15)9(23-12)7-22-24(18,19)20/h3-6,9-12,15-16H,2,7H2,1H3,(H-,18,19,20)/t9-,10?,11?,12-/m1/s1. The highest BCUT2D eigenvalue weighted by atomic mass is 31.2. The van der Waals surface area contributed by atoms with E-state index in [0.29, 0.717) is 0 Å². The molecule has 1 aromatic rings. The minimum atomic E-state index is -4.98. The largest absolute Gasteiger partial charge is 0.756 e. The predicted octanol–water partition coefficient (Wildman–Crippen LogP) is -1.75. The molecule has 1 saturated heterocycles. The Morgan fingerprint density at radius 1 is 1.46 bits per heavy atom. The molecule has 0 radical (unpaired) electrons. The molecule has 10 nitrogen and oxygen atoms in total. The molecular formula is C13H18NO9P. The normalized spacial score (nSPS) is 29.2. The highest BCUT2D eigenvalue weighted by Crippen LogP contribution is 2.33. The first-order chi connectivity index (χ1) is 11.2. The maximum absolute atomic E-state index is 11.7. The number of phosphoric ester groups is 1. The Balaban J connectivity index is 2.13. The van der Waals surface area contributed by atoms with Gasteiger partial charge in [-0.3, -0.25) is 4.57 Å². The maximum atomic E-state index is 11.7. The Morgan fingerprint density at radius 3 is 2.79 bits per heavy atom. The van der Waals surface area contributed by atoms with E-state index < -0.39 is 44.9 Å². The topological polar surface area (TPSA) is 149 Å². The van der Waals surface area contributed by atoms with Gasteiger partial charge in [0.15, 0.2) is 18.5 Å². The summed E-state index contributed by atoms with van der Waals surface area (Å²) in [5, 5.41) is 20.0. The van der Waals surface area contributed by atoms with Crippen LogP contribution in [0, 0.1) is 0 Å². The number of esters is 1. The number of nitrogens with zero attached hydrogens (tertiary/aromatic N) is 1. The molecule has 1 aliphatic heterocycles. The van der Waals surface area contributed by atoms with Gasteiger partial charge in [-0.15, -0.1) is 0 Å². The summed E-state index contributed by atoms with van der Waals surface area (Å²) in [6.45, 7) is 1.20. The zero-order valence-electron chi connectivity index (χ0n) is 12.7. The van der Waals surface area contributed by atoms with Crippen LogP contribution in [0.1, 0.15) is 23.5 Å². The summed E-state index contributed by atoms with van der Waals surface area (Å²) in [6.07, 6.45) is -2.24. The number of phosphoric acid groups is 1. The first kappa shape index (κ1) is 18.9. The third-order valence-electron chi connectivity index (χ3n) is 3.37. The minimum Gasteiger partial charge on any atom is -0.756 e. The highest BCUT2D eigenvalue weighted by Gasteiger charge is 2.48. The number of aliphatic hydroxyl groups is 2. The van der Waals surface area contributed by atoms with Crippen LogP contribution in [-0.4, -0.2) is 52.6 Å². The van der Waals surface area contributed by atoms with Gasteiger partial charge in [-0.2, -0.15) is 4.57 Å². The zero-order valence-corrected chi connectivity index (χ0v) is 13.6. The number of pyridine rings is 1. The number of aliphatic hydroxyl groups excluding tert-OH is 2. The molecule has 5 atom stereocenters. The molecule has 24 heavy (non-hydrogen) atoms. The number of rotatable bonds is 6. The van der Waals surface area contributed by atoms with Crippen LogP contribution in [0.2, 0.25) is 0 Å². The number of aromatic nitrogens is 1. The van der Waals surface area contributed by atoms with E-state index in [2.05, 4.69) is 4.52 Å².